The fourth-order valence-corrected chi connectivity index (χ4v) is 6.28. The maximum Gasteiger partial charge on any atom is 0.240 e. The highest BCUT2D eigenvalue weighted by atomic mass is 79.9. The van der Waals surface area contributed by atoms with E-state index in [4.69, 9.17) is 16.6 Å². The molecule has 202 valence electrons. The zero-order chi connectivity index (χ0) is 26.4. The van der Waals surface area contributed by atoms with Crippen LogP contribution in [0.2, 0.25) is 5.02 Å². The van der Waals surface area contributed by atoms with Gasteiger partial charge in [-0.25, -0.2) is 22.5 Å². The minimum absolute atomic E-state index is 0.0465. The third kappa shape index (κ3) is 7.59. The van der Waals surface area contributed by atoms with Crippen molar-refractivity contribution in [2.45, 2.75) is 56.0 Å². The van der Waals surface area contributed by atoms with Gasteiger partial charge in [-0.05, 0) is 68.1 Å². The van der Waals surface area contributed by atoms with E-state index < -0.39 is 15.8 Å². The number of aliphatic imine (C=N–C) groups is 1. The van der Waals surface area contributed by atoms with Gasteiger partial charge in [-0.3, -0.25) is 0 Å². The molecular weight excluding hydrogens is 581 g/mol. The van der Waals surface area contributed by atoms with Crippen LogP contribution in [0.1, 0.15) is 44.1 Å². The second-order valence-electron chi connectivity index (χ2n) is 9.69. The van der Waals surface area contributed by atoms with Crippen LogP contribution in [-0.2, 0) is 16.6 Å². The summed E-state index contributed by atoms with van der Waals surface area (Å²) in [7, 11) is -2.53. The van der Waals surface area contributed by atoms with Crippen LogP contribution in [0, 0.1) is 11.7 Å². The van der Waals surface area contributed by atoms with E-state index in [9.17, 15) is 12.8 Å². The average molecular weight is 615 g/mol. The predicted octanol–water partition coefficient (Wildman–Crippen LogP) is 5.04. The number of rotatable bonds is 8. The molecule has 2 fully saturated rings. The molecule has 1 heterocycles. The van der Waals surface area contributed by atoms with Gasteiger partial charge in [0, 0.05) is 35.8 Å². The summed E-state index contributed by atoms with van der Waals surface area (Å²) in [5.41, 5.74) is 1.48. The van der Waals surface area contributed by atoms with Crippen molar-refractivity contribution in [3.8, 4) is 0 Å². The van der Waals surface area contributed by atoms with Gasteiger partial charge in [0.2, 0.25) is 10.0 Å². The molecule has 1 aliphatic carbocycles. The molecule has 11 heteroatoms. The first-order chi connectivity index (χ1) is 17.7. The molecule has 1 atom stereocenters. The summed E-state index contributed by atoms with van der Waals surface area (Å²) in [6.07, 6.45) is 7.12. The first kappa shape index (κ1) is 28.1. The molecule has 37 heavy (non-hydrogen) atoms. The topological polar surface area (TPSA) is 85.8 Å². The van der Waals surface area contributed by atoms with E-state index in [-0.39, 0.29) is 22.5 Å². The standard InChI is InChI=1S/C26H34BrClFN5O2S/c1-30-37(35,36)23-12-19(25(28)24(29)14-23)16-32-26(31-15-18-6-3-2-4-7-18)33-21-10-11-34(17-21)22-9-5-8-20(27)13-22/h5,8-9,12-14,18,21,30H,2-4,6-7,10-11,15-17H2,1H3,(H2,31,32,33). The summed E-state index contributed by atoms with van der Waals surface area (Å²) < 4.78 is 42.2. The number of halogens is 3. The van der Waals surface area contributed by atoms with E-state index >= 15 is 0 Å². The largest absolute Gasteiger partial charge is 0.369 e. The van der Waals surface area contributed by atoms with Crippen LogP contribution in [0.5, 0.6) is 0 Å². The first-order valence-corrected chi connectivity index (χ1v) is 15.4. The fourth-order valence-electron chi connectivity index (χ4n) is 4.93. The number of nitrogens with one attached hydrogen (secondary N) is 3. The van der Waals surface area contributed by atoms with Gasteiger partial charge < -0.3 is 15.5 Å². The lowest BCUT2D eigenvalue weighted by atomic mass is 9.89. The summed E-state index contributed by atoms with van der Waals surface area (Å²) in [5, 5.41) is 6.92. The summed E-state index contributed by atoms with van der Waals surface area (Å²) >= 11 is 9.75. The highest BCUT2D eigenvalue weighted by molar-refractivity contribution is 9.10. The third-order valence-electron chi connectivity index (χ3n) is 7.05. The van der Waals surface area contributed by atoms with Gasteiger partial charge in [0.05, 0.1) is 16.5 Å². The number of nitrogens with zero attached hydrogens (tertiary/aromatic N) is 2. The zero-order valence-corrected chi connectivity index (χ0v) is 24.1. The van der Waals surface area contributed by atoms with Crippen molar-refractivity contribution in [3.05, 3.63) is 57.3 Å². The van der Waals surface area contributed by atoms with Crippen molar-refractivity contribution in [2.24, 2.45) is 10.9 Å². The molecule has 3 N–H and O–H groups in total. The molecular formula is C26H34BrClFN5O2S. The van der Waals surface area contributed by atoms with Crippen LogP contribution in [-0.4, -0.2) is 47.1 Å². The molecule has 2 aliphatic rings. The van der Waals surface area contributed by atoms with Crippen molar-refractivity contribution in [1.82, 2.24) is 15.4 Å². The second kappa shape index (κ2) is 12.8. The minimum Gasteiger partial charge on any atom is -0.369 e. The first-order valence-electron chi connectivity index (χ1n) is 12.7. The zero-order valence-electron chi connectivity index (χ0n) is 20.9. The lowest BCUT2D eigenvalue weighted by Gasteiger charge is -2.25. The maximum absolute atomic E-state index is 14.5. The van der Waals surface area contributed by atoms with Crippen LogP contribution >= 0.6 is 27.5 Å². The predicted molar refractivity (Wildman–Crippen MR) is 151 cm³/mol. The van der Waals surface area contributed by atoms with E-state index in [1.54, 1.807) is 0 Å². The Morgan fingerprint density at radius 2 is 1.97 bits per heavy atom. The molecule has 1 saturated carbocycles. The number of sulfonamides is 1. The number of guanidine groups is 1. The van der Waals surface area contributed by atoms with E-state index in [2.05, 4.69) is 48.3 Å². The van der Waals surface area contributed by atoms with Crippen molar-refractivity contribution in [1.29, 1.82) is 0 Å². The second-order valence-corrected chi connectivity index (χ2v) is 12.9. The summed E-state index contributed by atoms with van der Waals surface area (Å²) in [5.74, 6) is 0.436. The SMILES string of the molecule is CNS(=O)(=O)c1cc(F)c(Cl)c(CN=C(NCC2CCCCC2)NC2CCN(c3cccc(Br)c3)C2)c1. The smallest absolute Gasteiger partial charge is 0.240 e. The summed E-state index contributed by atoms with van der Waals surface area (Å²) in [4.78, 5) is 6.87. The Hall–Kier alpha value is -1.88. The van der Waals surface area contributed by atoms with Crippen LogP contribution in [0.15, 0.2) is 50.8 Å². The highest BCUT2D eigenvalue weighted by Crippen LogP contribution is 2.26. The van der Waals surface area contributed by atoms with Gasteiger partial charge in [-0.1, -0.05) is 52.9 Å². The quantitative estimate of drug-likeness (QED) is 0.287. The molecule has 0 radical (unpaired) electrons. The Labute approximate surface area is 232 Å². The molecule has 4 rings (SSSR count). The van der Waals surface area contributed by atoms with Crippen molar-refractivity contribution in [2.75, 3.05) is 31.6 Å². The molecule has 0 spiro atoms. The lowest BCUT2D eigenvalue weighted by molar-refractivity contribution is 0.355. The van der Waals surface area contributed by atoms with Gasteiger partial charge >= 0.3 is 0 Å². The van der Waals surface area contributed by atoms with Crippen molar-refractivity contribution < 1.29 is 12.8 Å². The molecule has 1 unspecified atom stereocenters. The third-order valence-corrected chi connectivity index (χ3v) is 9.36. The minimum atomic E-state index is -3.81. The summed E-state index contributed by atoms with van der Waals surface area (Å²) in [6.45, 7) is 2.60. The Morgan fingerprint density at radius 1 is 1.19 bits per heavy atom. The summed E-state index contributed by atoms with van der Waals surface area (Å²) in [6, 6.07) is 10.7. The molecule has 1 aliphatic heterocycles. The van der Waals surface area contributed by atoms with E-state index in [0.717, 1.165) is 42.3 Å². The van der Waals surface area contributed by atoms with Crippen molar-refractivity contribution >= 4 is 49.2 Å². The van der Waals surface area contributed by atoms with Gasteiger partial charge in [-0.2, -0.15) is 0 Å². The Bertz CT molecular complexity index is 1220. The molecule has 0 bridgehead atoms. The Morgan fingerprint density at radius 3 is 2.70 bits per heavy atom. The van der Waals surface area contributed by atoms with Crippen LogP contribution in [0.3, 0.4) is 0 Å². The molecule has 2 aromatic carbocycles. The number of hydrogen-bond donors (Lipinski definition) is 3. The molecule has 7 nitrogen and oxygen atoms in total. The van der Waals surface area contributed by atoms with Gasteiger partial charge in [0.15, 0.2) is 5.96 Å². The fraction of sp³-hybridized carbons (Fsp3) is 0.500. The number of benzene rings is 2. The normalized spacial score (nSPS) is 19.3. The van der Waals surface area contributed by atoms with E-state index in [0.29, 0.717) is 17.4 Å². The van der Waals surface area contributed by atoms with Crippen LogP contribution in [0.25, 0.3) is 0 Å². The monoisotopic (exact) mass is 613 g/mol. The van der Waals surface area contributed by atoms with Crippen LogP contribution in [0.4, 0.5) is 10.1 Å². The molecule has 0 amide bonds. The van der Waals surface area contributed by atoms with Crippen molar-refractivity contribution in [3.63, 3.8) is 0 Å². The van der Waals surface area contributed by atoms with E-state index in [1.165, 1.54) is 45.2 Å². The Balaban J connectivity index is 1.50. The molecule has 1 saturated heterocycles. The molecule has 2 aromatic rings. The molecule has 0 aromatic heterocycles. The Kier molecular flexibility index (Phi) is 9.72. The lowest BCUT2D eigenvalue weighted by Crippen LogP contribution is -2.46. The maximum atomic E-state index is 14.5. The van der Waals surface area contributed by atoms with Gasteiger partial charge in [-0.15, -0.1) is 0 Å². The number of hydrogen-bond acceptors (Lipinski definition) is 4. The van der Waals surface area contributed by atoms with E-state index in [1.807, 2.05) is 12.1 Å². The van der Waals surface area contributed by atoms with Gasteiger partial charge in [0.25, 0.3) is 0 Å². The number of anilines is 1. The average Bonchev–Trinajstić information content (AvgIpc) is 3.37. The highest BCUT2D eigenvalue weighted by Gasteiger charge is 2.24. The van der Waals surface area contributed by atoms with Crippen LogP contribution < -0.4 is 20.3 Å². The van der Waals surface area contributed by atoms with Gasteiger partial charge in [0.1, 0.15) is 5.82 Å².